The molecule has 0 aliphatic heterocycles. The van der Waals surface area contributed by atoms with Crippen LogP contribution in [-0.2, 0) is 19.1 Å². The van der Waals surface area contributed by atoms with Crippen LogP contribution in [0, 0.1) is 0 Å². The van der Waals surface area contributed by atoms with Crippen LogP contribution in [0.5, 0.6) is 0 Å². The van der Waals surface area contributed by atoms with Gasteiger partial charge in [0.1, 0.15) is 5.76 Å². The molecule has 1 unspecified atom stereocenters. The first-order valence-electron chi connectivity index (χ1n) is 3.59. The highest BCUT2D eigenvalue weighted by Crippen LogP contribution is 2.18. The fraction of sp³-hybridized carbons (Fsp3) is 0.500. The molecule has 0 N–H and O–H groups in total. The summed E-state index contributed by atoms with van der Waals surface area (Å²) in [6.45, 7) is 1.28. The highest BCUT2D eigenvalue weighted by Gasteiger charge is 2.28. The Labute approximate surface area is 70.1 Å². The van der Waals surface area contributed by atoms with Crippen LogP contribution >= 0.6 is 0 Å². The Bertz CT molecular complexity index is 241. The topological polar surface area (TPSA) is 52.6 Å². The number of hydrogen-bond acceptors (Lipinski definition) is 4. The van der Waals surface area contributed by atoms with E-state index in [1.54, 1.807) is 0 Å². The standard InChI is InChI=1S/C8H10O4/c1-5(9)12-8-4-6(11-2)3-7(8)10/h3,8H,4H2,1-2H3. The maximum Gasteiger partial charge on any atom is 0.303 e. The van der Waals surface area contributed by atoms with Crippen LogP contribution in [0.25, 0.3) is 0 Å². The lowest BCUT2D eigenvalue weighted by Crippen LogP contribution is -2.20. The first-order valence-corrected chi connectivity index (χ1v) is 3.59. The minimum absolute atomic E-state index is 0.206. The number of carbonyl (C=O) groups is 2. The maximum atomic E-state index is 11.0. The van der Waals surface area contributed by atoms with E-state index in [0.29, 0.717) is 12.2 Å². The summed E-state index contributed by atoms with van der Waals surface area (Å²) >= 11 is 0. The third kappa shape index (κ3) is 1.84. The van der Waals surface area contributed by atoms with Crippen molar-refractivity contribution in [3.05, 3.63) is 11.8 Å². The summed E-state index contributed by atoms with van der Waals surface area (Å²) in [4.78, 5) is 21.5. The van der Waals surface area contributed by atoms with E-state index in [9.17, 15) is 9.59 Å². The molecule has 1 aliphatic carbocycles. The van der Waals surface area contributed by atoms with Gasteiger partial charge in [-0.05, 0) is 0 Å². The molecule has 0 fully saturated rings. The highest BCUT2D eigenvalue weighted by atomic mass is 16.5. The fourth-order valence-electron chi connectivity index (χ4n) is 1.04. The molecular weight excluding hydrogens is 160 g/mol. The lowest BCUT2D eigenvalue weighted by molar-refractivity contribution is -0.150. The number of carbonyl (C=O) groups excluding carboxylic acids is 2. The Kier molecular flexibility index (Phi) is 2.47. The first-order chi connectivity index (χ1) is 5.63. The Balaban J connectivity index is 2.53. The summed E-state index contributed by atoms with van der Waals surface area (Å²) in [7, 11) is 1.48. The average molecular weight is 170 g/mol. The molecule has 0 saturated heterocycles. The van der Waals surface area contributed by atoms with Crippen molar-refractivity contribution in [1.29, 1.82) is 0 Å². The van der Waals surface area contributed by atoms with E-state index >= 15 is 0 Å². The number of hydrogen-bond donors (Lipinski definition) is 0. The van der Waals surface area contributed by atoms with Gasteiger partial charge in [0.15, 0.2) is 11.9 Å². The number of ketones is 1. The quantitative estimate of drug-likeness (QED) is 0.563. The first kappa shape index (κ1) is 8.77. The van der Waals surface area contributed by atoms with Gasteiger partial charge >= 0.3 is 5.97 Å². The number of rotatable bonds is 2. The van der Waals surface area contributed by atoms with E-state index in [0.717, 1.165) is 0 Å². The van der Waals surface area contributed by atoms with Crippen molar-refractivity contribution >= 4 is 11.8 Å². The zero-order valence-electron chi connectivity index (χ0n) is 6.99. The Hall–Kier alpha value is -1.32. The van der Waals surface area contributed by atoms with E-state index in [1.165, 1.54) is 20.1 Å². The average Bonchev–Trinajstić information content (AvgIpc) is 2.31. The molecule has 0 bridgehead atoms. The molecule has 4 nitrogen and oxygen atoms in total. The van der Waals surface area contributed by atoms with E-state index in [4.69, 9.17) is 9.47 Å². The van der Waals surface area contributed by atoms with Crippen molar-refractivity contribution in [3.63, 3.8) is 0 Å². The predicted molar refractivity (Wildman–Crippen MR) is 40.3 cm³/mol. The van der Waals surface area contributed by atoms with Gasteiger partial charge in [-0.2, -0.15) is 0 Å². The largest absolute Gasteiger partial charge is 0.501 e. The molecule has 4 heteroatoms. The van der Waals surface area contributed by atoms with Crippen LogP contribution in [-0.4, -0.2) is 25.0 Å². The third-order valence-electron chi connectivity index (χ3n) is 1.58. The van der Waals surface area contributed by atoms with Gasteiger partial charge in [-0.25, -0.2) is 0 Å². The van der Waals surface area contributed by atoms with Crippen LogP contribution in [0.3, 0.4) is 0 Å². The molecule has 12 heavy (non-hydrogen) atoms. The summed E-state index contributed by atoms with van der Waals surface area (Å²) < 4.78 is 9.58. The maximum absolute atomic E-state index is 11.0. The summed E-state index contributed by atoms with van der Waals surface area (Å²) in [5.41, 5.74) is 0. The van der Waals surface area contributed by atoms with Gasteiger partial charge < -0.3 is 9.47 Å². The zero-order chi connectivity index (χ0) is 9.14. The van der Waals surface area contributed by atoms with Crippen molar-refractivity contribution in [2.24, 2.45) is 0 Å². The van der Waals surface area contributed by atoms with Gasteiger partial charge in [0.05, 0.1) is 7.11 Å². The van der Waals surface area contributed by atoms with Crippen molar-refractivity contribution in [2.45, 2.75) is 19.4 Å². The number of ether oxygens (including phenoxy) is 2. The van der Waals surface area contributed by atoms with Gasteiger partial charge in [-0.3, -0.25) is 9.59 Å². The van der Waals surface area contributed by atoms with Gasteiger partial charge in [0.2, 0.25) is 0 Å². The highest BCUT2D eigenvalue weighted by molar-refractivity contribution is 5.97. The van der Waals surface area contributed by atoms with Crippen LogP contribution in [0.4, 0.5) is 0 Å². The fourth-order valence-corrected chi connectivity index (χ4v) is 1.04. The van der Waals surface area contributed by atoms with Crippen LogP contribution < -0.4 is 0 Å². The molecule has 1 rings (SSSR count). The Morgan fingerprint density at radius 1 is 1.67 bits per heavy atom. The molecule has 0 aromatic carbocycles. The Morgan fingerprint density at radius 3 is 2.75 bits per heavy atom. The van der Waals surface area contributed by atoms with Crippen LogP contribution in [0.1, 0.15) is 13.3 Å². The van der Waals surface area contributed by atoms with Crippen LogP contribution in [0.2, 0.25) is 0 Å². The lowest BCUT2D eigenvalue weighted by Gasteiger charge is -2.07. The van der Waals surface area contributed by atoms with Gasteiger partial charge in [-0.15, -0.1) is 0 Å². The molecule has 0 heterocycles. The molecule has 0 aromatic heterocycles. The second-order valence-electron chi connectivity index (χ2n) is 2.52. The number of methoxy groups -OCH3 is 1. The van der Waals surface area contributed by atoms with Crippen molar-refractivity contribution < 1.29 is 19.1 Å². The van der Waals surface area contributed by atoms with Gasteiger partial charge in [-0.1, -0.05) is 0 Å². The molecule has 66 valence electrons. The van der Waals surface area contributed by atoms with Gasteiger partial charge in [0, 0.05) is 19.4 Å². The minimum Gasteiger partial charge on any atom is -0.501 e. The second-order valence-corrected chi connectivity index (χ2v) is 2.52. The molecule has 0 amide bonds. The van der Waals surface area contributed by atoms with Crippen molar-refractivity contribution in [3.8, 4) is 0 Å². The van der Waals surface area contributed by atoms with Gasteiger partial charge in [0.25, 0.3) is 0 Å². The zero-order valence-corrected chi connectivity index (χ0v) is 6.99. The van der Waals surface area contributed by atoms with E-state index < -0.39 is 12.1 Å². The van der Waals surface area contributed by atoms with E-state index in [-0.39, 0.29) is 5.78 Å². The molecular formula is C8H10O4. The molecule has 1 aliphatic rings. The van der Waals surface area contributed by atoms with Crippen LogP contribution in [0.15, 0.2) is 11.8 Å². The normalized spacial score (nSPS) is 22.0. The smallest absolute Gasteiger partial charge is 0.303 e. The predicted octanol–water partition coefficient (Wildman–Crippen LogP) is 0.421. The molecule has 1 atom stereocenters. The minimum atomic E-state index is -0.669. The monoisotopic (exact) mass is 170 g/mol. The molecule has 0 radical (unpaired) electrons. The summed E-state index contributed by atoms with van der Waals surface area (Å²) in [6.07, 6.45) is 1.04. The summed E-state index contributed by atoms with van der Waals surface area (Å²) in [5.74, 6) is -0.0904. The number of esters is 1. The summed E-state index contributed by atoms with van der Waals surface area (Å²) in [5, 5.41) is 0. The molecule has 0 spiro atoms. The van der Waals surface area contributed by atoms with E-state index in [1.807, 2.05) is 0 Å². The van der Waals surface area contributed by atoms with Crippen molar-refractivity contribution in [1.82, 2.24) is 0 Å². The van der Waals surface area contributed by atoms with Crippen molar-refractivity contribution in [2.75, 3.05) is 7.11 Å². The summed E-state index contributed by atoms with van der Waals surface area (Å²) in [6, 6.07) is 0. The lowest BCUT2D eigenvalue weighted by atomic mass is 10.3. The third-order valence-corrected chi connectivity index (χ3v) is 1.58. The Morgan fingerprint density at radius 2 is 2.33 bits per heavy atom. The molecule has 0 saturated carbocycles. The molecule has 0 aromatic rings. The van der Waals surface area contributed by atoms with E-state index in [2.05, 4.69) is 0 Å². The SMILES string of the molecule is COC1=CC(=O)C(OC(C)=O)C1. The second kappa shape index (κ2) is 3.38.